The second-order valence-corrected chi connectivity index (χ2v) is 3.69. The van der Waals surface area contributed by atoms with Crippen molar-refractivity contribution >= 4 is 6.16 Å². The first kappa shape index (κ1) is 17.1. The highest BCUT2D eigenvalue weighted by Crippen LogP contribution is 2.05. The normalized spacial score (nSPS) is 22.7. The number of hydrogen-bond donors (Lipinski definition) is 3. The van der Waals surface area contributed by atoms with Gasteiger partial charge in [0, 0.05) is 19.4 Å². The number of carbonyl (C=O) groups excluding carboxylic acids is 1. The van der Waals surface area contributed by atoms with Gasteiger partial charge in [-0.2, -0.15) is 0 Å². The summed E-state index contributed by atoms with van der Waals surface area (Å²) in [6.07, 6.45) is -0.674. The maximum absolute atomic E-state index is 10.4. The van der Waals surface area contributed by atoms with Crippen LogP contribution in [0.3, 0.4) is 0 Å². The van der Waals surface area contributed by atoms with E-state index in [0.717, 1.165) is 0 Å². The minimum atomic E-state index is -0.670. The summed E-state index contributed by atoms with van der Waals surface area (Å²) in [5.74, 6) is 0. The van der Waals surface area contributed by atoms with Crippen LogP contribution < -0.4 is 0 Å². The lowest BCUT2D eigenvalue weighted by Crippen LogP contribution is -2.32. The third-order valence-electron chi connectivity index (χ3n) is 1.95. The Morgan fingerprint density at radius 3 is 2.28 bits per heavy atom. The summed E-state index contributed by atoms with van der Waals surface area (Å²) in [5.41, 5.74) is 0. The van der Waals surface area contributed by atoms with Gasteiger partial charge in [-0.25, -0.2) is 4.79 Å². The molecule has 0 spiro atoms. The molecular weight excluding hydrogens is 244 g/mol. The van der Waals surface area contributed by atoms with Gasteiger partial charge in [0.2, 0.25) is 0 Å². The Morgan fingerprint density at radius 2 is 1.89 bits per heavy atom. The Morgan fingerprint density at radius 1 is 1.28 bits per heavy atom. The van der Waals surface area contributed by atoms with Crippen LogP contribution in [-0.2, 0) is 14.2 Å². The fourth-order valence-corrected chi connectivity index (χ4v) is 1.17. The molecule has 7 nitrogen and oxygen atoms in total. The predicted octanol–water partition coefficient (Wildman–Crippen LogP) is -0.330. The van der Waals surface area contributed by atoms with Crippen molar-refractivity contribution in [1.82, 2.24) is 0 Å². The summed E-state index contributed by atoms with van der Waals surface area (Å²) in [4.78, 5) is 10.4. The molecule has 0 aliphatic carbocycles. The van der Waals surface area contributed by atoms with Gasteiger partial charge in [0.15, 0.2) is 0 Å². The van der Waals surface area contributed by atoms with Gasteiger partial charge in [-0.3, -0.25) is 0 Å². The quantitative estimate of drug-likeness (QED) is 0.472. The van der Waals surface area contributed by atoms with Crippen molar-refractivity contribution in [2.75, 3.05) is 33.0 Å². The van der Waals surface area contributed by atoms with Crippen molar-refractivity contribution in [2.45, 2.75) is 32.0 Å². The topological polar surface area (TPSA) is 105 Å². The molecule has 0 amide bonds. The van der Waals surface area contributed by atoms with Crippen LogP contribution in [0.2, 0.25) is 0 Å². The molecule has 7 heteroatoms. The molecule has 0 aromatic rings. The first-order valence-electron chi connectivity index (χ1n) is 5.94. The van der Waals surface area contributed by atoms with E-state index >= 15 is 0 Å². The molecular formula is C11H22O7. The highest BCUT2D eigenvalue weighted by atomic mass is 16.7. The van der Waals surface area contributed by atoms with E-state index in [4.69, 9.17) is 20.1 Å². The van der Waals surface area contributed by atoms with Gasteiger partial charge in [-0.1, -0.05) is 0 Å². The van der Waals surface area contributed by atoms with Gasteiger partial charge in [0.05, 0.1) is 38.6 Å². The van der Waals surface area contributed by atoms with E-state index < -0.39 is 18.4 Å². The van der Waals surface area contributed by atoms with E-state index in [9.17, 15) is 4.79 Å². The highest BCUT2D eigenvalue weighted by Gasteiger charge is 2.17. The Bertz CT molecular complexity index is 202. The maximum atomic E-state index is 10.4. The van der Waals surface area contributed by atoms with Gasteiger partial charge in [-0.15, -0.1) is 0 Å². The first-order chi connectivity index (χ1) is 8.60. The molecule has 0 bridgehead atoms. The molecule has 1 aliphatic rings. The van der Waals surface area contributed by atoms with Crippen molar-refractivity contribution in [1.29, 1.82) is 0 Å². The van der Waals surface area contributed by atoms with Crippen LogP contribution in [0.5, 0.6) is 0 Å². The van der Waals surface area contributed by atoms with E-state index in [1.54, 1.807) is 6.92 Å². The summed E-state index contributed by atoms with van der Waals surface area (Å²) in [6, 6.07) is 0. The van der Waals surface area contributed by atoms with E-state index in [-0.39, 0.29) is 13.2 Å². The molecule has 0 aromatic heterocycles. The predicted molar refractivity (Wildman–Crippen MR) is 62.1 cm³/mol. The average molecular weight is 266 g/mol. The lowest BCUT2D eigenvalue weighted by Gasteiger charge is -2.21. The zero-order chi connectivity index (χ0) is 13.8. The number of rotatable bonds is 4. The van der Waals surface area contributed by atoms with Crippen molar-refractivity contribution in [2.24, 2.45) is 0 Å². The molecule has 0 radical (unpaired) electrons. The molecule has 108 valence electrons. The molecule has 1 fully saturated rings. The minimum Gasteiger partial charge on any atom is -0.435 e. The Labute approximate surface area is 106 Å². The Kier molecular flexibility index (Phi) is 10.7. The van der Waals surface area contributed by atoms with Gasteiger partial charge < -0.3 is 29.5 Å². The van der Waals surface area contributed by atoms with Crippen LogP contribution in [0.25, 0.3) is 0 Å². The summed E-state index contributed by atoms with van der Waals surface area (Å²) < 4.78 is 13.7. The number of hydrogen-bond acceptors (Lipinski definition) is 7. The lowest BCUT2D eigenvalue weighted by molar-refractivity contribution is -0.0715. The summed E-state index contributed by atoms with van der Waals surface area (Å²) in [6.45, 7) is 3.01. The van der Waals surface area contributed by atoms with Crippen LogP contribution in [0.15, 0.2) is 0 Å². The van der Waals surface area contributed by atoms with Crippen molar-refractivity contribution in [3.8, 4) is 0 Å². The van der Waals surface area contributed by atoms with Gasteiger partial charge in [-0.05, 0) is 6.92 Å². The average Bonchev–Trinajstić information content (AvgIpc) is 2.30. The van der Waals surface area contributed by atoms with Crippen LogP contribution in [-0.4, -0.2) is 66.7 Å². The molecule has 1 aliphatic heterocycles. The second kappa shape index (κ2) is 11.2. The lowest BCUT2D eigenvalue weighted by atomic mass is 10.1. The largest absolute Gasteiger partial charge is 0.508 e. The Hall–Kier alpha value is -0.890. The van der Waals surface area contributed by atoms with Gasteiger partial charge in [0.1, 0.15) is 0 Å². The SMILES string of the molecule is CCOC(=O)OCCCO.OC1COCC(O)C1. The van der Waals surface area contributed by atoms with Crippen molar-refractivity contribution in [3.63, 3.8) is 0 Å². The fourth-order valence-electron chi connectivity index (χ4n) is 1.17. The monoisotopic (exact) mass is 266 g/mol. The zero-order valence-corrected chi connectivity index (χ0v) is 10.6. The number of aliphatic hydroxyl groups excluding tert-OH is 3. The van der Waals surface area contributed by atoms with Gasteiger partial charge in [0.25, 0.3) is 0 Å². The molecule has 2 atom stereocenters. The maximum Gasteiger partial charge on any atom is 0.508 e. The standard InChI is InChI=1S/C6H12O4.C5H10O3/c1-2-9-6(8)10-5-3-4-7;6-4-1-5(7)3-8-2-4/h7H,2-5H2,1H3;4-7H,1-3H2. The first-order valence-corrected chi connectivity index (χ1v) is 5.94. The zero-order valence-electron chi connectivity index (χ0n) is 10.6. The summed E-state index contributed by atoms with van der Waals surface area (Å²) in [5, 5.41) is 25.9. The summed E-state index contributed by atoms with van der Waals surface area (Å²) >= 11 is 0. The minimum absolute atomic E-state index is 0.0272. The molecule has 1 rings (SSSR count). The molecule has 3 N–H and O–H groups in total. The van der Waals surface area contributed by atoms with Crippen LogP contribution >= 0.6 is 0 Å². The molecule has 18 heavy (non-hydrogen) atoms. The molecule has 2 unspecified atom stereocenters. The summed E-state index contributed by atoms with van der Waals surface area (Å²) in [7, 11) is 0. The molecule has 1 saturated heterocycles. The highest BCUT2D eigenvalue weighted by molar-refractivity contribution is 5.59. The van der Waals surface area contributed by atoms with E-state index in [0.29, 0.717) is 32.7 Å². The fraction of sp³-hybridized carbons (Fsp3) is 0.909. The number of ether oxygens (including phenoxy) is 3. The van der Waals surface area contributed by atoms with Crippen molar-refractivity contribution in [3.05, 3.63) is 0 Å². The smallest absolute Gasteiger partial charge is 0.435 e. The van der Waals surface area contributed by atoms with Crippen LogP contribution in [0.1, 0.15) is 19.8 Å². The van der Waals surface area contributed by atoms with Gasteiger partial charge >= 0.3 is 6.16 Å². The second-order valence-electron chi connectivity index (χ2n) is 3.69. The number of carbonyl (C=O) groups is 1. The third kappa shape index (κ3) is 10.3. The van der Waals surface area contributed by atoms with Crippen LogP contribution in [0, 0.1) is 0 Å². The molecule has 0 saturated carbocycles. The Balaban J connectivity index is 0.000000327. The van der Waals surface area contributed by atoms with Crippen molar-refractivity contribution < 1.29 is 34.3 Å². The van der Waals surface area contributed by atoms with E-state index in [1.807, 2.05) is 0 Å². The molecule has 0 aromatic carbocycles. The molecule has 1 heterocycles. The van der Waals surface area contributed by atoms with E-state index in [1.165, 1.54) is 0 Å². The number of aliphatic hydroxyl groups is 3. The van der Waals surface area contributed by atoms with E-state index in [2.05, 4.69) is 9.47 Å². The van der Waals surface area contributed by atoms with Crippen LogP contribution in [0.4, 0.5) is 4.79 Å². The third-order valence-corrected chi connectivity index (χ3v) is 1.95.